The van der Waals surface area contributed by atoms with Crippen LogP contribution in [0.5, 0.6) is 0 Å². The lowest BCUT2D eigenvalue weighted by Gasteiger charge is -2.43. The Morgan fingerprint density at radius 1 is 1.09 bits per heavy atom. The highest BCUT2D eigenvalue weighted by molar-refractivity contribution is 5.96. The van der Waals surface area contributed by atoms with Crippen LogP contribution >= 0.6 is 0 Å². The highest BCUT2D eigenvalue weighted by Gasteiger charge is 2.43. The van der Waals surface area contributed by atoms with E-state index in [1.54, 1.807) is 0 Å². The van der Waals surface area contributed by atoms with Crippen LogP contribution in [0.4, 0.5) is 0 Å². The van der Waals surface area contributed by atoms with Gasteiger partial charge in [-0.15, -0.1) is 0 Å². The molecule has 1 N–H and O–H groups in total. The molecule has 1 aliphatic carbocycles. The standard InChI is InChI=1S/C19H25NO3/c1-13-7-2-5-10-15(13)18(21)20-12-6-11-16(19(22)23)17(20)14-8-3-4-9-14/h2,5,7,10,14,16-17H,3-4,6,8-9,11-12H2,1H3,(H,22,23). The van der Waals surface area contributed by atoms with Crippen molar-refractivity contribution >= 4 is 11.9 Å². The fourth-order valence-electron chi connectivity index (χ4n) is 4.37. The van der Waals surface area contributed by atoms with Crippen molar-refractivity contribution in [2.75, 3.05) is 6.54 Å². The molecule has 1 amide bonds. The smallest absolute Gasteiger partial charge is 0.308 e. The van der Waals surface area contributed by atoms with Gasteiger partial charge in [0, 0.05) is 18.2 Å². The summed E-state index contributed by atoms with van der Waals surface area (Å²) < 4.78 is 0. The maximum absolute atomic E-state index is 13.1. The SMILES string of the molecule is Cc1ccccc1C(=O)N1CCCC(C(=O)O)C1C1CCCC1. The van der Waals surface area contributed by atoms with Gasteiger partial charge in [0.25, 0.3) is 5.91 Å². The van der Waals surface area contributed by atoms with Crippen molar-refractivity contribution in [1.29, 1.82) is 0 Å². The molecule has 1 aromatic carbocycles. The molecular weight excluding hydrogens is 290 g/mol. The minimum absolute atomic E-state index is 0.00551. The van der Waals surface area contributed by atoms with E-state index in [0.29, 0.717) is 24.4 Å². The number of hydrogen-bond donors (Lipinski definition) is 1. The summed E-state index contributed by atoms with van der Waals surface area (Å²) in [6.07, 6.45) is 5.86. The molecule has 0 aromatic heterocycles. The van der Waals surface area contributed by atoms with E-state index >= 15 is 0 Å². The molecule has 1 saturated carbocycles. The second kappa shape index (κ2) is 6.73. The second-order valence-corrected chi connectivity index (χ2v) is 6.94. The van der Waals surface area contributed by atoms with Crippen molar-refractivity contribution in [2.45, 2.75) is 51.5 Å². The largest absolute Gasteiger partial charge is 0.481 e. The molecule has 4 nitrogen and oxygen atoms in total. The Kier molecular flexibility index (Phi) is 4.69. The molecule has 3 rings (SSSR count). The molecule has 23 heavy (non-hydrogen) atoms. The first kappa shape index (κ1) is 16.0. The van der Waals surface area contributed by atoms with Gasteiger partial charge < -0.3 is 10.0 Å². The summed E-state index contributed by atoms with van der Waals surface area (Å²) in [6.45, 7) is 2.62. The third kappa shape index (κ3) is 3.12. The maximum atomic E-state index is 13.1. The van der Waals surface area contributed by atoms with Crippen molar-refractivity contribution < 1.29 is 14.7 Å². The molecule has 1 aromatic rings. The van der Waals surface area contributed by atoms with Gasteiger partial charge in [0.15, 0.2) is 0 Å². The molecule has 124 valence electrons. The van der Waals surface area contributed by atoms with Crippen molar-refractivity contribution in [1.82, 2.24) is 4.90 Å². The fourth-order valence-corrected chi connectivity index (χ4v) is 4.37. The molecular formula is C19H25NO3. The zero-order chi connectivity index (χ0) is 16.4. The summed E-state index contributed by atoms with van der Waals surface area (Å²) in [6, 6.07) is 7.46. The lowest BCUT2D eigenvalue weighted by Crippen LogP contribution is -2.53. The van der Waals surface area contributed by atoms with Crippen LogP contribution in [0.15, 0.2) is 24.3 Å². The highest BCUT2D eigenvalue weighted by atomic mass is 16.4. The number of carbonyl (C=O) groups is 2. The van der Waals surface area contributed by atoms with Gasteiger partial charge in [-0.05, 0) is 50.2 Å². The number of rotatable bonds is 3. The zero-order valence-corrected chi connectivity index (χ0v) is 13.7. The predicted molar refractivity (Wildman–Crippen MR) is 88.3 cm³/mol. The minimum atomic E-state index is -0.746. The summed E-state index contributed by atoms with van der Waals surface area (Å²) in [5.74, 6) is -0.820. The van der Waals surface area contributed by atoms with Crippen LogP contribution in [0.1, 0.15) is 54.4 Å². The molecule has 0 bridgehead atoms. The van der Waals surface area contributed by atoms with Gasteiger partial charge in [0.2, 0.25) is 0 Å². The molecule has 1 saturated heterocycles. The third-order valence-corrected chi connectivity index (χ3v) is 5.52. The van der Waals surface area contributed by atoms with Crippen LogP contribution < -0.4 is 0 Å². The lowest BCUT2D eigenvalue weighted by atomic mass is 9.80. The van der Waals surface area contributed by atoms with E-state index in [1.165, 1.54) is 0 Å². The summed E-state index contributed by atoms with van der Waals surface area (Å²) in [5.41, 5.74) is 1.67. The van der Waals surface area contributed by atoms with Crippen LogP contribution in [-0.4, -0.2) is 34.5 Å². The van der Waals surface area contributed by atoms with Crippen molar-refractivity contribution in [3.63, 3.8) is 0 Å². The van der Waals surface area contributed by atoms with Crippen LogP contribution in [0.2, 0.25) is 0 Å². The average Bonchev–Trinajstić information content (AvgIpc) is 3.08. The number of hydrogen-bond acceptors (Lipinski definition) is 2. The van der Waals surface area contributed by atoms with Crippen LogP contribution in [0.25, 0.3) is 0 Å². The molecule has 2 unspecified atom stereocenters. The first-order valence-electron chi connectivity index (χ1n) is 8.69. The summed E-state index contributed by atoms with van der Waals surface area (Å²) in [4.78, 5) is 26.7. The second-order valence-electron chi connectivity index (χ2n) is 6.94. The number of aryl methyl sites for hydroxylation is 1. The van der Waals surface area contributed by atoms with E-state index in [4.69, 9.17) is 0 Å². The summed E-state index contributed by atoms with van der Waals surface area (Å²) in [5, 5.41) is 9.66. The number of amides is 1. The Morgan fingerprint density at radius 2 is 1.78 bits per heavy atom. The minimum Gasteiger partial charge on any atom is -0.481 e. The Balaban J connectivity index is 1.92. The van der Waals surface area contributed by atoms with Gasteiger partial charge in [-0.25, -0.2) is 0 Å². The Bertz CT molecular complexity index is 592. The monoisotopic (exact) mass is 315 g/mol. The normalized spacial score (nSPS) is 25.5. The molecule has 4 heteroatoms. The maximum Gasteiger partial charge on any atom is 0.308 e. The quantitative estimate of drug-likeness (QED) is 0.929. The first-order chi connectivity index (χ1) is 11.1. The van der Waals surface area contributed by atoms with Crippen LogP contribution in [-0.2, 0) is 4.79 Å². The van der Waals surface area contributed by atoms with Crippen LogP contribution in [0.3, 0.4) is 0 Å². The van der Waals surface area contributed by atoms with E-state index in [2.05, 4.69) is 0 Å². The van der Waals surface area contributed by atoms with Gasteiger partial charge >= 0.3 is 5.97 Å². The van der Waals surface area contributed by atoms with Crippen LogP contribution in [0, 0.1) is 18.8 Å². The van der Waals surface area contributed by atoms with Crippen molar-refractivity contribution in [2.24, 2.45) is 11.8 Å². The fraction of sp³-hybridized carbons (Fsp3) is 0.579. The number of nitrogens with zero attached hydrogens (tertiary/aromatic N) is 1. The zero-order valence-electron chi connectivity index (χ0n) is 13.7. The third-order valence-electron chi connectivity index (χ3n) is 5.52. The Labute approximate surface area is 137 Å². The Hall–Kier alpha value is -1.84. The van der Waals surface area contributed by atoms with Crippen molar-refractivity contribution in [3.8, 4) is 0 Å². The van der Waals surface area contributed by atoms with Gasteiger partial charge in [-0.3, -0.25) is 9.59 Å². The molecule has 1 heterocycles. The molecule has 0 radical (unpaired) electrons. The van der Waals surface area contributed by atoms with E-state index in [9.17, 15) is 14.7 Å². The molecule has 2 aliphatic rings. The number of benzene rings is 1. The summed E-state index contributed by atoms with van der Waals surface area (Å²) in [7, 11) is 0. The van der Waals surface area contributed by atoms with E-state index < -0.39 is 11.9 Å². The number of carboxylic acid groups (broad SMARTS) is 1. The number of piperidine rings is 1. The van der Waals surface area contributed by atoms with E-state index in [-0.39, 0.29) is 11.9 Å². The number of likely N-dealkylation sites (tertiary alicyclic amines) is 1. The topological polar surface area (TPSA) is 57.6 Å². The molecule has 2 fully saturated rings. The molecule has 2 atom stereocenters. The highest BCUT2D eigenvalue weighted by Crippen LogP contribution is 2.38. The molecule has 1 aliphatic heterocycles. The van der Waals surface area contributed by atoms with E-state index in [1.807, 2.05) is 36.1 Å². The lowest BCUT2D eigenvalue weighted by molar-refractivity contribution is -0.146. The Morgan fingerprint density at radius 3 is 2.43 bits per heavy atom. The average molecular weight is 315 g/mol. The van der Waals surface area contributed by atoms with Gasteiger partial charge in [0.05, 0.1) is 5.92 Å². The van der Waals surface area contributed by atoms with Gasteiger partial charge in [-0.1, -0.05) is 31.0 Å². The van der Waals surface area contributed by atoms with E-state index in [0.717, 1.165) is 37.7 Å². The number of carbonyl (C=O) groups excluding carboxylic acids is 1. The van der Waals surface area contributed by atoms with Gasteiger partial charge in [-0.2, -0.15) is 0 Å². The number of aliphatic carboxylic acids is 1. The van der Waals surface area contributed by atoms with Gasteiger partial charge in [0.1, 0.15) is 0 Å². The number of carboxylic acids is 1. The predicted octanol–water partition coefficient (Wildman–Crippen LogP) is 3.49. The summed E-state index contributed by atoms with van der Waals surface area (Å²) >= 11 is 0. The van der Waals surface area contributed by atoms with Crippen molar-refractivity contribution in [3.05, 3.63) is 35.4 Å². The first-order valence-corrected chi connectivity index (χ1v) is 8.69. The molecule has 0 spiro atoms.